The van der Waals surface area contributed by atoms with Gasteiger partial charge in [-0.05, 0) is 60.7 Å². The third-order valence-corrected chi connectivity index (χ3v) is 4.44. The van der Waals surface area contributed by atoms with E-state index < -0.39 is 5.91 Å². The Morgan fingerprint density at radius 1 is 1.07 bits per heavy atom. The highest BCUT2D eigenvalue weighted by atomic mass is 16.5. The zero-order valence-electron chi connectivity index (χ0n) is 14.7. The maximum absolute atomic E-state index is 11.1. The van der Waals surface area contributed by atoms with E-state index in [1.807, 2.05) is 18.2 Å². The molecule has 1 fully saturated rings. The van der Waals surface area contributed by atoms with Gasteiger partial charge in [0.25, 0.3) is 0 Å². The van der Waals surface area contributed by atoms with Crippen LogP contribution in [0.5, 0.6) is 11.6 Å². The molecule has 0 saturated heterocycles. The topological polar surface area (TPSA) is 113 Å². The van der Waals surface area contributed by atoms with Crippen LogP contribution in [0.25, 0.3) is 10.9 Å². The van der Waals surface area contributed by atoms with Crippen molar-refractivity contribution in [2.24, 2.45) is 11.7 Å². The maximum Gasteiger partial charge on any atom is 0.248 e. The second-order valence-electron chi connectivity index (χ2n) is 6.67. The van der Waals surface area contributed by atoms with E-state index in [0.29, 0.717) is 36.3 Å². The Hall–Kier alpha value is -3.35. The molecule has 1 heterocycles. The lowest BCUT2D eigenvalue weighted by atomic mass is 10.1. The highest BCUT2D eigenvalue weighted by Crippen LogP contribution is 2.31. The predicted octanol–water partition coefficient (Wildman–Crippen LogP) is 2.68. The average Bonchev–Trinajstić information content (AvgIpc) is 3.49. The summed E-state index contributed by atoms with van der Waals surface area (Å²) in [6.07, 6.45) is 2.40. The van der Waals surface area contributed by atoms with Crippen molar-refractivity contribution in [2.75, 3.05) is 12.3 Å². The van der Waals surface area contributed by atoms with Gasteiger partial charge in [-0.3, -0.25) is 4.79 Å². The number of rotatable bonds is 7. The number of benzene rings is 2. The lowest BCUT2D eigenvalue weighted by Crippen LogP contribution is -2.10. The Labute approximate surface area is 156 Å². The first kappa shape index (κ1) is 17.1. The largest absolute Gasteiger partial charge is 0.489 e. The number of nitrogens with two attached hydrogens (primary N) is 2. The van der Waals surface area contributed by atoms with Crippen LogP contribution in [0.15, 0.2) is 42.5 Å². The van der Waals surface area contributed by atoms with Gasteiger partial charge in [-0.15, -0.1) is 0 Å². The standard InChI is InChI=1S/C20H20N4O3/c21-18(25)14-4-6-15(7-5-14)26-11-13-3-8-17-16(9-13)19(24-20(22)23-17)27-10-12-1-2-12/h3-9,12H,1-2,10-11H2,(H2,21,25)(H2,22,23,24). The lowest BCUT2D eigenvalue weighted by Gasteiger charge is -2.11. The van der Waals surface area contributed by atoms with Gasteiger partial charge in [0.2, 0.25) is 17.7 Å². The van der Waals surface area contributed by atoms with E-state index in [0.717, 1.165) is 16.5 Å². The first-order valence-corrected chi connectivity index (χ1v) is 8.80. The number of ether oxygens (including phenoxy) is 2. The van der Waals surface area contributed by atoms with Gasteiger partial charge in [0.1, 0.15) is 12.4 Å². The summed E-state index contributed by atoms with van der Waals surface area (Å²) in [4.78, 5) is 19.6. The van der Waals surface area contributed by atoms with Crippen molar-refractivity contribution < 1.29 is 14.3 Å². The minimum absolute atomic E-state index is 0.201. The van der Waals surface area contributed by atoms with E-state index in [1.54, 1.807) is 24.3 Å². The maximum atomic E-state index is 11.1. The van der Waals surface area contributed by atoms with Crippen molar-refractivity contribution in [3.05, 3.63) is 53.6 Å². The third-order valence-electron chi connectivity index (χ3n) is 4.44. The van der Waals surface area contributed by atoms with Gasteiger partial charge in [-0.2, -0.15) is 4.98 Å². The molecular formula is C20H20N4O3. The summed E-state index contributed by atoms with van der Waals surface area (Å²) in [5, 5.41) is 0.815. The average molecular weight is 364 g/mol. The fourth-order valence-electron chi connectivity index (χ4n) is 2.73. The number of hydrogen-bond donors (Lipinski definition) is 2. The molecule has 0 aliphatic heterocycles. The Morgan fingerprint density at radius 3 is 2.56 bits per heavy atom. The Balaban J connectivity index is 1.52. The fourth-order valence-corrected chi connectivity index (χ4v) is 2.73. The molecule has 7 nitrogen and oxygen atoms in total. The molecule has 7 heteroatoms. The Kier molecular flexibility index (Phi) is 4.50. The van der Waals surface area contributed by atoms with E-state index in [2.05, 4.69) is 9.97 Å². The number of carbonyl (C=O) groups excluding carboxylic acids is 1. The second kappa shape index (κ2) is 7.11. The number of primary amides is 1. The first-order valence-electron chi connectivity index (χ1n) is 8.80. The molecule has 0 bridgehead atoms. The molecule has 0 spiro atoms. The molecule has 1 amide bonds. The minimum atomic E-state index is -0.464. The number of nitrogens with zero attached hydrogens (tertiary/aromatic N) is 2. The van der Waals surface area contributed by atoms with Crippen LogP contribution in [0.2, 0.25) is 0 Å². The molecule has 0 radical (unpaired) electrons. The van der Waals surface area contributed by atoms with Gasteiger partial charge in [0.15, 0.2) is 0 Å². The van der Waals surface area contributed by atoms with Crippen LogP contribution in [-0.2, 0) is 6.61 Å². The van der Waals surface area contributed by atoms with Crippen molar-refractivity contribution in [1.82, 2.24) is 9.97 Å². The smallest absolute Gasteiger partial charge is 0.248 e. The van der Waals surface area contributed by atoms with Gasteiger partial charge < -0.3 is 20.9 Å². The van der Waals surface area contributed by atoms with Gasteiger partial charge in [0, 0.05) is 5.56 Å². The van der Waals surface area contributed by atoms with E-state index >= 15 is 0 Å². The number of amides is 1. The molecular weight excluding hydrogens is 344 g/mol. The summed E-state index contributed by atoms with van der Waals surface area (Å²) >= 11 is 0. The quantitative estimate of drug-likeness (QED) is 0.666. The van der Waals surface area contributed by atoms with E-state index in [-0.39, 0.29) is 5.95 Å². The van der Waals surface area contributed by atoms with Gasteiger partial charge >= 0.3 is 0 Å². The molecule has 1 aliphatic rings. The number of carbonyl (C=O) groups is 1. The minimum Gasteiger partial charge on any atom is -0.489 e. The molecule has 27 heavy (non-hydrogen) atoms. The zero-order valence-corrected chi connectivity index (χ0v) is 14.7. The Bertz CT molecular complexity index is 984. The Morgan fingerprint density at radius 2 is 1.85 bits per heavy atom. The molecule has 2 aromatic carbocycles. The molecule has 4 N–H and O–H groups in total. The summed E-state index contributed by atoms with van der Waals surface area (Å²) in [5.41, 5.74) is 13.2. The van der Waals surface area contributed by atoms with Crippen LogP contribution in [0.4, 0.5) is 5.95 Å². The summed E-state index contributed by atoms with van der Waals surface area (Å²) in [6.45, 7) is 1.01. The number of aromatic nitrogens is 2. The number of hydrogen-bond acceptors (Lipinski definition) is 6. The van der Waals surface area contributed by atoms with Crippen molar-refractivity contribution in [3.63, 3.8) is 0 Å². The molecule has 0 unspecified atom stereocenters. The fraction of sp³-hybridized carbons (Fsp3) is 0.250. The van der Waals surface area contributed by atoms with Crippen LogP contribution >= 0.6 is 0 Å². The van der Waals surface area contributed by atoms with Crippen LogP contribution in [0, 0.1) is 5.92 Å². The SMILES string of the molecule is NC(=O)c1ccc(OCc2ccc3nc(N)nc(OCC4CC4)c3c2)cc1. The van der Waals surface area contributed by atoms with Crippen LogP contribution in [-0.4, -0.2) is 22.5 Å². The van der Waals surface area contributed by atoms with E-state index in [4.69, 9.17) is 20.9 Å². The second-order valence-corrected chi connectivity index (χ2v) is 6.67. The third kappa shape index (κ3) is 4.08. The number of nitrogen functional groups attached to an aromatic ring is 1. The molecule has 4 rings (SSSR count). The predicted molar refractivity (Wildman–Crippen MR) is 101 cm³/mol. The van der Waals surface area contributed by atoms with E-state index in [9.17, 15) is 4.79 Å². The molecule has 0 atom stereocenters. The number of fused-ring (bicyclic) bond motifs is 1. The van der Waals surface area contributed by atoms with Crippen molar-refractivity contribution in [2.45, 2.75) is 19.4 Å². The normalized spacial score (nSPS) is 13.5. The van der Waals surface area contributed by atoms with Gasteiger partial charge in [-0.25, -0.2) is 4.98 Å². The molecule has 3 aromatic rings. The van der Waals surface area contributed by atoms with Crippen molar-refractivity contribution in [3.8, 4) is 11.6 Å². The lowest BCUT2D eigenvalue weighted by molar-refractivity contribution is 0.1000. The van der Waals surface area contributed by atoms with E-state index in [1.165, 1.54) is 12.8 Å². The monoisotopic (exact) mass is 364 g/mol. The van der Waals surface area contributed by atoms with Crippen molar-refractivity contribution >= 4 is 22.8 Å². The number of anilines is 1. The highest BCUT2D eigenvalue weighted by Gasteiger charge is 2.22. The van der Waals surface area contributed by atoms with Crippen LogP contribution < -0.4 is 20.9 Å². The molecule has 1 saturated carbocycles. The first-order chi connectivity index (χ1) is 13.1. The summed E-state index contributed by atoms with van der Waals surface area (Å²) in [6, 6.07) is 12.5. The summed E-state index contributed by atoms with van der Waals surface area (Å²) in [5.74, 6) is 1.52. The molecule has 1 aromatic heterocycles. The van der Waals surface area contributed by atoms with Gasteiger partial charge in [-0.1, -0.05) is 6.07 Å². The van der Waals surface area contributed by atoms with Gasteiger partial charge in [0.05, 0.1) is 17.5 Å². The van der Waals surface area contributed by atoms with Crippen LogP contribution in [0.1, 0.15) is 28.8 Å². The summed E-state index contributed by atoms with van der Waals surface area (Å²) < 4.78 is 11.7. The zero-order chi connectivity index (χ0) is 18.8. The highest BCUT2D eigenvalue weighted by molar-refractivity contribution is 5.92. The summed E-state index contributed by atoms with van der Waals surface area (Å²) in [7, 11) is 0. The van der Waals surface area contributed by atoms with Crippen molar-refractivity contribution in [1.29, 1.82) is 0 Å². The molecule has 1 aliphatic carbocycles. The van der Waals surface area contributed by atoms with Crippen LogP contribution in [0.3, 0.4) is 0 Å². The molecule has 138 valence electrons.